The van der Waals surface area contributed by atoms with Crippen molar-refractivity contribution in [2.45, 2.75) is 25.7 Å². The second kappa shape index (κ2) is 9.46. The molecule has 4 nitrogen and oxygen atoms in total. The van der Waals surface area contributed by atoms with Crippen LogP contribution in [0.5, 0.6) is 0 Å². The maximum Gasteiger partial charge on any atom is 0.258 e. The molecule has 0 aromatic heterocycles. The predicted octanol–water partition coefficient (Wildman–Crippen LogP) is 6.03. The van der Waals surface area contributed by atoms with Gasteiger partial charge in [0.2, 0.25) is 0 Å². The van der Waals surface area contributed by atoms with Crippen LogP contribution in [0.3, 0.4) is 0 Å². The lowest BCUT2D eigenvalue weighted by molar-refractivity contribution is 0.245. The maximum absolute atomic E-state index is 14.9. The summed E-state index contributed by atoms with van der Waals surface area (Å²) in [5, 5.41) is 3.82. The van der Waals surface area contributed by atoms with Crippen molar-refractivity contribution in [1.29, 1.82) is 0 Å². The van der Waals surface area contributed by atoms with Crippen molar-refractivity contribution in [3.05, 3.63) is 90.2 Å². The summed E-state index contributed by atoms with van der Waals surface area (Å²) in [5.74, 6) is -1.31. The molecule has 6 heteroatoms. The number of halogens is 1. The Balaban J connectivity index is 2.16. The third kappa shape index (κ3) is 4.92. The lowest BCUT2D eigenvalue weighted by atomic mass is 10.2. The zero-order valence-electron chi connectivity index (χ0n) is 17.7. The summed E-state index contributed by atoms with van der Waals surface area (Å²) in [6.07, 6.45) is -0.309. The van der Waals surface area contributed by atoms with Gasteiger partial charge in [-0.15, -0.1) is 0 Å². The molecular formula is C24H28FN2O2P. The Bertz CT molecular complexity index is 1010. The van der Waals surface area contributed by atoms with E-state index in [2.05, 4.69) is 5.32 Å². The summed E-state index contributed by atoms with van der Waals surface area (Å²) in [7, 11) is 0.314. The molecule has 0 saturated heterocycles. The Hall–Kier alpha value is -2.62. The molecule has 2 atom stereocenters. The van der Waals surface area contributed by atoms with Gasteiger partial charge in [-0.2, -0.15) is 0 Å². The van der Waals surface area contributed by atoms with Crippen LogP contribution < -0.4 is 15.5 Å². The molecule has 0 fully saturated rings. The van der Waals surface area contributed by atoms with E-state index in [9.17, 15) is 8.96 Å². The third-order valence-corrected chi connectivity index (χ3v) is 7.55. The van der Waals surface area contributed by atoms with Gasteiger partial charge in [-0.1, -0.05) is 36.4 Å². The van der Waals surface area contributed by atoms with Gasteiger partial charge >= 0.3 is 0 Å². The number of rotatable bonds is 8. The van der Waals surface area contributed by atoms with Crippen molar-refractivity contribution in [1.82, 2.24) is 0 Å². The Morgan fingerprint density at radius 3 is 2.07 bits per heavy atom. The quantitative estimate of drug-likeness (QED) is 0.447. The summed E-state index contributed by atoms with van der Waals surface area (Å²) in [4.78, 5) is 1.97. The monoisotopic (exact) mass is 426 g/mol. The number of hydrogen-bond donors (Lipinski definition) is 1. The molecule has 3 aromatic carbocycles. The normalized spacial score (nSPS) is 14.2. The van der Waals surface area contributed by atoms with Gasteiger partial charge in [0.05, 0.1) is 6.10 Å². The van der Waals surface area contributed by atoms with Crippen LogP contribution in [0.4, 0.5) is 15.8 Å². The van der Waals surface area contributed by atoms with E-state index in [1.807, 2.05) is 75.3 Å². The summed E-state index contributed by atoms with van der Waals surface area (Å²) in [5.41, 5.74) is 2.03. The molecule has 0 amide bonds. The average Bonchev–Trinajstić information content (AvgIpc) is 2.73. The molecule has 30 heavy (non-hydrogen) atoms. The van der Waals surface area contributed by atoms with E-state index >= 15 is 0 Å². The van der Waals surface area contributed by atoms with Gasteiger partial charge in [0.15, 0.2) is 0 Å². The van der Waals surface area contributed by atoms with E-state index in [1.165, 1.54) is 6.07 Å². The van der Waals surface area contributed by atoms with Gasteiger partial charge < -0.3 is 14.7 Å². The molecule has 1 N–H and O–H groups in total. The van der Waals surface area contributed by atoms with Crippen LogP contribution >= 0.6 is 7.37 Å². The van der Waals surface area contributed by atoms with E-state index in [-0.39, 0.29) is 6.10 Å². The van der Waals surface area contributed by atoms with Crippen molar-refractivity contribution in [3.8, 4) is 0 Å². The van der Waals surface area contributed by atoms with Gasteiger partial charge in [0.25, 0.3) is 7.37 Å². The highest BCUT2D eigenvalue weighted by Gasteiger charge is 2.40. The van der Waals surface area contributed by atoms with E-state index < -0.39 is 19.0 Å². The molecule has 2 unspecified atom stereocenters. The van der Waals surface area contributed by atoms with E-state index in [1.54, 1.807) is 30.3 Å². The predicted molar refractivity (Wildman–Crippen MR) is 123 cm³/mol. The molecule has 0 spiro atoms. The van der Waals surface area contributed by atoms with Gasteiger partial charge in [0, 0.05) is 36.3 Å². The largest absolute Gasteiger partial charge is 0.378 e. The van der Waals surface area contributed by atoms with Gasteiger partial charge in [0.1, 0.15) is 11.6 Å². The van der Waals surface area contributed by atoms with E-state index in [4.69, 9.17) is 4.52 Å². The van der Waals surface area contributed by atoms with Crippen LogP contribution in [0.2, 0.25) is 0 Å². The molecule has 0 heterocycles. The molecule has 158 valence electrons. The number of anilines is 2. The van der Waals surface area contributed by atoms with Gasteiger partial charge in [-0.05, 0) is 56.3 Å². The second-order valence-electron chi connectivity index (χ2n) is 7.60. The van der Waals surface area contributed by atoms with Crippen LogP contribution in [0.25, 0.3) is 0 Å². The molecule has 3 aromatic rings. The Morgan fingerprint density at radius 2 is 1.50 bits per heavy atom. The van der Waals surface area contributed by atoms with Crippen molar-refractivity contribution in [3.63, 3.8) is 0 Å². The molecule has 0 radical (unpaired) electrons. The average molecular weight is 426 g/mol. The highest BCUT2D eigenvalue weighted by atomic mass is 31.2. The fourth-order valence-corrected chi connectivity index (χ4v) is 5.90. The fraction of sp³-hybridized carbons (Fsp3) is 0.250. The van der Waals surface area contributed by atoms with Crippen LogP contribution in [-0.2, 0) is 9.09 Å². The standard InChI is InChI=1S/C24H28FN2O2P/c1-18(2)29-30(28,21-16-14-20(15-17-21)27(3)4)24(22-12-8-9-13-23(22)25)26-19-10-6-5-7-11-19/h5-18,24,26H,1-4H3. The third-order valence-electron chi connectivity index (χ3n) is 4.71. The number of nitrogens with zero attached hydrogens (tertiary/aromatic N) is 1. The number of benzene rings is 3. The minimum Gasteiger partial charge on any atom is -0.378 e. The summed E-state index contributed by atoms with van der Waals surface area (Å²) < 4.78 is 35.5. The first kappa shape index (κ1) is 22.1. The lowest BCUT2D eigenvalue weighted by Gasteiger charge is -2.31. The highest BCUT2D eigenvalue weighted by molar-refractivity contribution is 7.67. The number of hydrogen-bond acceptors (Lipinski definition) is 4. The van der Waals surface area contributed by atoms with Crippen LogP contribution in [0.15, 0.2) is 78.9 Å². The Morgan fingerprint density at radius 1 is 0.900 bits per heavy atom. The van der Waals surface area contributed by atoms with Crippen molar-refractivity contribution >= 4 is 24.0 Å². The fourth-order valence-electron chi connectivity index (χ4n) is 3.28. The number of para-hydroxylation sites is 1. The summed E-state index contributed by atoms with van der Waals surface area (Å²) in [6, 6.07) is 23.2. The molecular weight excluding hydrogens is 398 g/mol. The molecule has 0 saturated carbocycles. The van der Waals surface area contributed by atoms with E-state index in [0.717, 1.165) is 11.4 Å². The molecule has 0 bridgehead atoms. The van der Waals surface area contributed by atoms with Gasteiger partial charge in [-0.25, -0.2) is 4.39 Å². The Labute approximate surface area is 178 Å². The molecule has 0 aliphatic rings. The van der Waals surface area contributed by atoms with Crippen LogP contribution in [0.1, 0.15) is 25.2 Å². The molecule has 0 aliphatic heterocycles. The summed E-state index contributed by atoms with van der Waals surface area (Å²) >= 11 is 0. The van der Waals surface area contributed by atoms with Gasteiger partial charge in [-0.3, -0.25) is 4.57 Å². The van der Waals surface area contributed by atoms with Crippen molar-refractivity contribution in [2.75, 3.05) is 24.3 Å². The SMILES string of the molecule is CC(C)OP(=O)(c1ccc(N(C)C)cc1)C(Nc1ccccc1)c1ccccc1F. The minimum atomic E-state index is -3.57. The molecule has 3 rings (SSSR count). The minimum absolute atomic E-state index is 0.307. The zero-order chi connectivity index (χ0) is 21.7. The maximum atomic E-state index is 14.9. The molecule has 0 aliphatic carbocycles. The lowest BCUT2D eigenvalue weighted by Crippen LogP contribution is -2.23. The van der Waals surface area contributed by atoms with Crippen molar-refractivity contribution in [2.24, 2.45) is 0 Å². The summed E-state index contributed by atoms with van der Waals surface area (Å²) in [6.45, 7) is 3.67. The Kier molecular flexibility index (Phi) is 6.96. The van der Waals surface area contributed by atoms with Crippen molar-refractivity contribution < 1.29 is 13.5 Å². The smallest absolute Gasteiger partial charge is 0.258 e. The first-order chi connectivity index (χ1) is 14.3. The first-order valence-corrected chi connectivity index (χ1v) is 11.6. The van der Waals surface area contributed by atoms with Crippen LogP contribution in [0, 0.1) is 5.82 Å². The number of nitrogens with one attached hydrogen (secondary N) is 1. The van der Waals surface area contributed by atoms with E-state index in [0.29, 0.717) is 10.9 Å². The highest BCUT2D eigenvalue weighted by Crippen LogP contribution is 2.60. The topological polar surface area (TPSA) is 41.6 Å². The first-order valence-electron chi connectivity index (χ1n) is 9.93. The second-order valence-corrected chi connectivity index (χ2v) is 10.0. The zero-order valence-corrected chi connectivity index (χ0v) is 18.6. The van der Waals surface area contributed by atoms with Crippen LogP contribution in [-0.4, -0.2) is 20.2 Å².